The third-order valence-corrected chi connectivity index (χ3v) is 5.32. The van der Waals surface area contributed by atoms with E-state index in [0.717, 1.165) is 21.5 Å². The standard InChI is InChI=1S/C15H17BrFNS/c1-4-18-14(13-7-10(3)15(16)19-13)12-8-11(17)6-5-9(12)2/h5-8,14,18H,4H2,1-3H3. The van der Waals surface area contributed by atoms with Crippen molar-refractivity contribution in [2.24, 2.45) is 0 Å². The minimum absolute atomic E-state index is 0.0516. The highest BCUT2D eigenvalue weighted by Crippen LogP contribution is 2.35. The monoisotopic (exact) mass is 341 g/mol. The lowest BCUT2D eigenvalue weighted by Crippen LogP contribution is -2.22. The van der Waals surface area contributed by atoms with Crippen molar-refractivity contribution in [2.75, 3.05) is 6.54 Å². The molecule has 0 aliphatic rings. The molecule has 19 heavy (non-hydrogen) atoms. The van der Waals surface area contributed by atoms with Gasteiger partial charge < -0.3 is 5.32 Å². The van der Waals surface area contributed by atoms with E-state index in [1.807, 2.05) is 13.0 Å². The fraction of sp³-hybridized carbons (Fsp3) is 0.333. The van der Waals surface area contributed by atoms with E-state index in [1.54, 1.807) is 17.4 Å². The predicted octanol–water partition coefficient (Wildman–Crippen LogP) is 4.97. The van der Waals surface area contributed by atoms with Crippen LogP contribution in [0.3, 0.4) is 0 Å². The minimum Gasteiger partial charge on any atom is -0.306 e. The lowest BCUT2D eigenvalue weighted by atomic mass is 9.99. The molecule has 2 aromatic rings. The Hall–Kier alpha value is -0.710. The summed E-state index contributed by atoms with van der Waals surface area (Å²) in [5.74, 6) is -0.184. The fourth-order valence-electron chi connectivity index (χ4n) is 2.12. The minimum atomic E-state index is -0.184. The molecule has 0 fully saturated rings. The maximum Gasteiger partial charge on any atom is 0.123 e. The molecule has 1 unspecified atom stereocenters. The summed E-state index contributed by atoms with van der Waals surface area (Å²) in [4.78, 5) is 1.21. The van der Waals surface area contributed by atoms with Gasteiger partial charge in [-0.25, -0.2) is 4.39 Å². The van der Waals surface area contributed by atoms with Gasteiger partial charge in [0.1, 0.15) is 5.82 Å². The smallest absolute Gasteiger partial charge is 0.123 e. The molecule has 0 bridgehead atoms. The summed E-state index contributed by atoms with van der Waals surface area (Å²) in [5.41, 5.74) is 3.34. The molecule has 2 rings (SSSR count). The van der Waals surface area contributed by atoms with Crippen molar-refractivity contribution in [3.8, 4) is 0 Å². The van der Waals surface area contributed by atoms with Gasteiger partial charge in [-0.2, -0.15) is 0 Å². The van der Waals surface area contributed by atoms with E-state index in [9.17, 15) is 4.39 Å². The van der Waals surface area contributed by atoms with Crippen LogP contribution in [-0.4, -0.2) is 6.54 Å². The lowest BCUT2D eigenvalue weighted by Gasteiger charge is -2.19. The normalized spacial score (nSPS) is 12.7. The molecular weight excluding hydrogens is 325 g/mol. The topological polar surface area (TPSA) is 12.0 Å². The van der Waals surface area contributed by atoms with Gasteiger partial charge in [0.25, 0.3) is 0 Å². The van der Waals surface area contributed by atoms with Gasteiger partial charge in [-0.05, 0) is 71.2 Å². The van der Waals surface area contributed by atoms with Gasteiger partial charge in [0.05, 0.1) is 9.83 Å². The molecule has 1 aromatic heterocycles. The van der Waals surface area contributed by atoms with Crippen molar-refractivity contribution in [3.63, 3.8) is 0 Å². The maximum absolute atomic E-state index is 13.5. The van der Waals surface area contributed by atoms with Gasteiger partial charge in [-0.3, -0.25) is 0 Å². The van der Waals surface area contributed by atoms with E-state index in [4.69, 9.17) is 0 Å². The summed E-state index contributed by atoms with van der Waals surface area (Å²) in [6.07, 6.45) is 0. The van der Waals surface area contributed by atoms with Crippen LogP contribution < -0.4 is 5.32 Å². The molecular formula is C15H17BrFNS. The van der Waals surface area contributed by atoms with Crippen molar-refractivity contribution in [1.82, 2.24) is 5.32 Å². The molecule has 4 heteroatoms. The first-order chi connectivity index (χ1) is 9.02. The van der Waals surface area contributed by atoms with Crippen LogP contribution in [0.4, 0.5) is 4.39 Å². The van der Waals surface area contributed by atoms with Crippen LogP contribution >= 0.6 is 27.3 Å². The molecule has 1 atom stereocenters. The molecule has 0 saturated carbocycles. The summed E-state index contributed by atoms with van der Waals surface area (Å²) in [5, 5.41) is 3.45. The van der Waals surface area contributed by atoms with E-state index in [2.05, 4.69) is 41.2 Å². The highest BCUT2D eigenvalue weighted by Gasteiger charge is 2.18. The Labute approximate surface area is 126 Å². The van der Waals surface area contributed by atoms with E-state index in [-0.39, 0.29) is 11.9 Å². The molecule has 0 saturated heterocycles. The van der Waals surface area contributed by atoms with Crippen LogP contribution in [0.1, 0.15) is 34.5 Å². The van der Waals surface area contributed by atoms with Crippen molar-refractivity contribution in [2.45, 2.75) is 26.8 Å². The van der Waals surface area contributed by atoms with E-state index in [0.29, 0.717) is 0 Å². The Morgan fingerprint density at radius 1 is 1.26 bits per heavy atom. The summed E-state index contributed by atoms with van der Waals surface area (Å²) >= 11 is 5.26. The van der Waals surface area contributed by atoms with E-state index in [1.165, 1.54) is 16.5 Å². The van der Waals surface area contributed by atoms with Crippen LogP contribution in [0.15, 0.2) is 28.1 Å². The van der Waals surface area contributed by atoms with Gasteiger partial charge >= 0.3 is 0 Å². The molecule has 102 valence electrons. The first-order valence-electron chi connectivity index (χ1n) is 6.28. The van der Waals surface area contributed by atoms with Gasteiger partial charge in [-0.15, -0.1) is 11.3 Å². The highest BCUT2D eigenvalue weighted by atomic mass is 79.9. The number of hydrogen-bond donors (Lipinski definition) is 1. The molecule has 0 amide bonds. The molecule has 0 spiro atoms. The number of nitrogens with one attached hydrogen (secondary N) is 1. The molecule has 1 heterocycles. The molecule has 1 N–H and O–H groups in total. The van der Waals surface area contributed by atoms with Gasteiger partial charge in [0.15, 0.2) is 0 Å². The second kappa shape index (κ2) is 6.16. The van der Waals surface area contributed by atoms with Crippen molar-refractivity contribution < 1.29 is 4.39 Å². The molecule has 1 aromatic carbocycles. The number of rotatable bonds is 4. The number of halogens is 2. The highest BCUT2D eigenvalue weighted by molar-refractivity contribution is 9.11. The Morgan fingerprint density at radius 2 is 2.00 bits per heavy atom. The third-order valence-electron chi connectivity index (χ3n) is 3.12. The zero-order valence-electron chi connectivity index (χ0n) is 11.3. The lowest BCUT2D eigenvalue weighted by molar-refractivity contribution is 0.604. The average molecular weight is 342 g/mol. The molecule has 0 radical (unpaired) electrons. The maximum atomic E-state index is 13.5. The van der Waals surface area contributed by atoms with Crippen LogP contribution in [-0.2, 0) is 0 Å². The fourth-order valence-corrected chi connectivity index (χ4v) is 3.78. The summed E-state index contributed by atoms with van der Waals surface area (Å²) in [7, 11) is 0. The number of benzene rings is 1. The number of aryl methyl sites for hydroxylation is 2. The zero-order valence-corrected chi connectivity index (χ0v) is 13.7. The van der Waals surface area contributed by atoms with Crippen molar-refractivity contribution in [3.05, 3.63) is 55.4 Å². The van der Waals surface area contributed by atoms with Gasteiger partial charge in [0, 0.05) is 4.88 Å². The summed E-state index contributed by atoms with van der Waals surface area (Å²) in [6, 6.07) is 7.19. The summed E-state index contributed by atoms with van der Waals surface area (Å²) < 4.78 is 14.7. The average Bonchev–Trinajstić information content (AvgIpc) is 2.70. The zero-order chi connectivity index (χ0) is 14.0. The second-order valence-electron chi connectivity index (χ2n) is 4.60. The Balaban J connectivity index is 2.47. The van der Waals surface area contributed by atoms with Crippen LogP contribution in [0, 0.1) is 19.7 Å². The number of thiophene rings is 1. The third kappa shape index (κ3) is 3.25. The first kappa shape index (κ1) is 14.7. The predicted molar refractivity (Wildman–Crippen MR) is 83.4 cm³/mol. The molecule has 1 nitrogen and oxygen atoms in total. The quantitative estimate of drug-likeness (QED) is 0.828. The Morgan fingerprint density at radius 3 is 2.58 bits per heavy atom. The van der Waals surface area contributed by atoms with Crippen LogP contribution in [0.2, 0.25) is 0 Å². The van der Waals surface area contributed by atoms with E-state index < -0.39 is 0 Å². The largest absolute Gasteiger partial charge is 0.306 e. The SMILES string of the molecule is CCNC(c1cc(C)c(Br)s1)c1cc(F)ccc1C. The molecule has 0 aliphatic carbocycles. The van der Waals surface area contributed by atoms with Crippen LogP contribution in [0.5, 0.6) is 0 Å². The summed E-state index contributed by atoms with van der Waals surface area (Å²) in [6.45, 7) is 7.01. The Kier molecular flexibility index (Phi) is 4.76. The first-order valence-corrected chi connectivity index (χ1v) is 7.89. The Bertz CT molecular complexity index is 560. The van der Waals surface area contributed by atoms with Gasteiger partial charge in [0.2, 0.25) is 0 Å². The van der Waals surface area contributed by atoms with Gasteiger partial charge in [-0.1, -0.05) is 13.0 Å². The number of hydrogen-bond acceptors (Lipinski definition) is 2. The second-order valence-corrected chi connectivity index (χ2v) is 7.00. The van der Waals surface area contributed by atoms with Crippen LogP contribution in [0.25, 0.3) is 0 Å². The van der Waals surface area contributed by atoms with E-state index >= 15 is 0 Å². The van der Waals surface area contributed by atoms with Crippen molar-refractivity contribution in [1.29, 1.82) is 0 Å². The van der Waals surface area contributed by atoms with Crippen molar-refractivity contribution >= 4 is 27.3 Å². The molecule has 0 aliphatic heterocycles.